The minimum atomic E-state index is -0.312. The molecule has 4 nitrogen and oxygen atoms in total. The van der Waals surface area contributed by atoms with Crippen molar-refractivity contribution < 1.29 is 9.59 Å². The first-order valence-corrected chi connectivity index (χ1v) is 7.18. The van der Waals surface area contributed by atoms with Gasteiger partial charge in [-0.3, -0.25) is 9.59 Å². The standard InChI is InChI=1S/C14H28N2O2/c1-4-7-13(17)12(9-11-15-10-6-3)16-14(18)8-5-2/h12,15H,4-11H2,1-3H3,(H,16,18). The highest BCUT2D eigenvalue weighted by Crippen LogP contribution is 2.01. The number of rotatable bonds is 11. The van der Waals surface area contributed by atoms with E-state index in [9.17, 15) is 9.59 Å². The predicted octanol–water partition coefficient (Wildman–Crippen LogP) is 2.03. The van der Waals surface area contributed by atoms with Crippen LogP contribution >= 0.6 is 0 Å². The van der Waals surface area contributed by atoms with Gasteiger partial charge in [-0.2, -0.15) is 0 Å². The molecule has 1 atom stereocenters. The summed E-state index contributed by atoms with van der Waals surface area (Å²) in [5.74, 6) is 0.141. The molecule has 0 saturated carbocycles. The molecule has 0 bridgehead atoms. The number of nitrogens with one attached hydrogen (secondary N) is 2. The molecule has 0 aromatic rings. The highest BCUT2D eigenvalue weighted by atomic mass is 16.2. The average molecular weight is 256 g/mol. The van der Waals surface area contributed by atoms with E-state index < -0.39 is 0 Å². The largest absolute Gasteiger partial charge is 0.346 e. The van der Waals surface area contributed by atoms with Crippen molar-refractivity contribution in [3.63, 3.8) is 0 Å². The van der Waals surface area contributed by atoms with Gasteiger partial charge in [0.15, 0.2) is 5.78 Å². The van der Waals surface area contributed by atoms with E-state index in [4.69, 9.17) is 0 Å². The van der Waals surface area contributed by atoms with Gasteiger partial charge in [0.1, 0.15) is 0 Å². The number of ketones is 1. The third-order valence-corrected chi connectivity index (χ3v) is 2.73. The SMILES string of the molecule is CCCNCCC(NC(=O)CCC)C(=O)CCC. The van der Waals surface area contributed by atoms with Crippen molar-refractivity contribution in [3.8, 4) is 0 Å². The summed E-state index contributed by atoms with van der Waals surface area (Å²) in [6, 6.07) is -0.312. The average Bonchev–Trinajstić information content (AvgIpc) is 2.33. The zero-order chi connectivity index (χ0) is 13.8. The fraction of sp³-hybridized carbons (Fsp3) is 0.857. The van der Waals surface area contributed by atoms with Crippen LogP contribution in [-0.4, -0.2) is 30.8 Å². The second-order valence-electron chi connectivity index (χ2n) is 4.63. The molecule has 0 saturated heterocycles. The van der Waals surface area contributed by atoms with E-state index in [1.807, 2.05) is 13.8 Å². The van der Waals surface area contributed by atoms with Crippen LogP contribution in [0.5, 0.6) is 0 Å². The van der Waals surface area contributed by atoms with Gasteiger partial charge in [-0.25, -0.2) is 0 Å². The minimum absolute atomic E-state index is 0.0116. The molecule has 18 heavy (non-hydrogen) atoms. The molecule has 0 rings (SSSR count). The van der Waals surface area contributed by atoms with Gasteiger partial charge in [0, 0.05) is 12.8 Å². The van der Waals surface area contributed by atoms with E-state index in [2.05, 4.69) is 17.6 Å². The summed E-state index contributed by atoms with van der Waals surface area (Å²) >= 11 is 0. The summed E-state index contributed by atoms with van der Waals surface area (Å²) in [7, 11) is 0. The molecule has 0 aliphatic rings. The lowest BCUT2D eigenvalue weighted by molar-refractivity contribution is -0.128. The molecule has 0 spiro atoms. The van der Waals surface area contributed by atoms with Crippen LogP contribution in [0.25, 0.3) is 0 Å². The van der Waals surface area contributed by atoms with Crippen molar-refractivity contribution in [1.29, 1.82) is 0 Å². The molecule has 1 amide bonds. The van der Waals surface area contributed by atoms with Gasteiger partial charge in [-0.15, -0.1) is 0 Å². The predicted molar refractivity (Wildman–Crippen MR) is 74.5 cm³/mol. The normalized spacial score (nSPS) is 12.2. The van der Waals surface area contributed by atoms with Crippen molar-refractivity contribution in [1.82, 2.24) is 10.6 Å². The molecule has 106 valence electrons. The van der Waals surface area contributed by atoms with Gasteiger partial charge in [-0.05, 0) is 38.8 Å². The van der Waals surface area contributed by atoms with Crippen molar-refractivity contribution in [2.24, 2.45) is 0 Å². The zero-order valence-corrected chi connectivity index (χ0v) is 12.1. The second kappa shape index (κ2) is 11.2. The van der Waals surface area contributed by atoms with E-state index in [0.29, 0.717) is 19.3 Å². The fourth-order valence-corrected chi connectivity index (χ4v) is 1.78. The Balaban J connectivity index is 4.15. The molecule has 0 fully saturated rings. The molecule has 2 N–H and O–H groups in total. The molecule has 0 heterocycles. The van der Waals surface area contributed by atoms with Crippen LogP contribution in [0.4, 0.5) is 0 Å². The number of hydrogen-bond acceptors (Lipinski definition) is 3. The maximum atomic E-state index is 11.9. The Labute approximate surface area is 111 Å². The number of carbonyl (C=O) groups excluding carboxylic acids is 2. The summed E-state index contributed by atoms with van der Waals surface area (Å²) in [5, 5.41) is 6.12. The summed E-state index contributed by atoms with van der Waals surface area (Å²) < 4.78 is 0. The van der Waals surface area contributed by atoms with E-state index in [-0.39, 0.29) is 17.7 Å². The number of carbonyl (C=O) groups is 2. The summed E-state index contributed by atoms with van der Waals surface area (Å²) in [6.07, 6.45) is 4.46. The third kappa shape index (κ3) is 8.23. The summed E-state index contributed by atoms with van der Waals surface area (Å²) in [5.41, 5.74) is 0. The fourth-order valence-electron chi connectivity index (χ4n) is 1.78. The Morgan fingerprint density at radius 2 is 1.61 bits per heavy atom. The maximum absolute atomic E-state index is 11.9. The molecule has 0 aromatic heterocycles. The van der Waals surface area contributed by atoms with Crippen LogP contribution in [0.3, 0.4) is 0 Å². The lowest BCUT2D eigenvalue weighted by Crippen LogP contribution is -2.42. The van der Waals surface area contributed by atoms with Crippen molar-refractivity contribution >= 4 is 11.7 Å². The van der Waals surface area contributed by atoms with E-state index in [0.717, 1.165) is 32.4 Å². The number of hydrogen-bond donors (Lipinski definition) is 2. The number of amides is 1. The van der Waals surface area contributed by atoms with Crippen LogP contribution in [0.2, 0.25) is 0 Å². The molecule has 0 aliphatic carbocycles. The van der Waals surface area contributed by atoms with E-state index in [1.165, 1.54) is 0 Å². The molecule has 0 aliphatic heterocycles. The molecule has 0 radical (unpaired) electrons. The molecule has 1 unspecified atom stereocenters. The summed E-state index contributed by atoms with van der Waals surface area (Å²) in [4.78, 5) is 23.5. The van der Waals surface area contributed by atoms with Crippen LogP contribution in [0, 0.1) is 0 Å². The molecular formula is C14H28N2O2. The van der Waals surface area contributed by atoms with Crippen molar-refractivity contribution in [3.05, 3.63) is 0 Å². The quantitative estimate of drug-likeness (QED) is 0.556. The Kier molecular flexibility index (Phi) is 10.6. The van der Waals surface area contributed by atoms with Crippen LogP contribution < -0.4 is 10.6 Å². The maximum Gasteiger partial charge on any atom is 0.220 e. The molecule has 0 aromatic carbocycles. The monoisotopic (exact) mass is 256 g/mol. The number of Topliss-reactive ketones (excluding diaryl/α,β-unsaturated/α-hetero) is 1. The van der Waals surface area contributed by atoms with Gasteiger partial charge in [0.25, 0.3) is 0 Å². The van der Waals surface area contributed by atoms with E-state index >= 15 is 0 Å². The van der Waals surface area contributed by atoms with Crippen molar-refractivity contribution in [2.75, 3.05) is 13.1 Å². The second-order valence-corrected chi connectivity index (χ2v) is 4.63. The van der Waals surface area contributed by atoms with Crippen LogP contribution in [0.15, 0.2) is 0 Å². The minimum Gasteiger partial charge on any atom is -0.346 e. The first-order valence-electron chi connectivity index (χ1n) is 7.18. The van der Waals surface area contributed by atoms with Crippen LogP contribution in [0.1, 0.15) is 59.3 Å². The lowest BCUT2D eigenvalue weighted by Gasteiger charge is -2.17. The first-order chi connectivity index (χ1) is 8.65. The molecule has 4 heteroatoms. The Morgan fingerprint density at radius 3 is 2.17 bits per heavy atom. The van der Waals surface area contributed by atoms with Gasteiger partial charge in [-0.1, -0.05) is 20.8 Å². The highest BCUT2D eigenvalue weighted by molar-refractivity contribution is 5.88. The van der Waals surface area contributed by atoms with Gasteiger partial charge in [0.05, 0.1) is 6.04 Å². The van der Waals surface area contributed by atoms with E-state index in [1.54, 1.807) is 0 Å². The lowest BCUT2D eigenvalue weighted by atomic mass is 10.0. The highest BCUT2D eigenvalue weighted by Gasteiger charge is 2.18. The summed E-state index contributed by atoms with van der Waals surface area (Å²) in [6.45, 7) is 7.79. The van der Waals surface area contributed by atoms with Crippen LogP contribution in [-0.2, 0) is 9.59 Å². The Morgan fingerprint density at radius 1 is 0.944 bits per heavy atom. The van der Waals surface area contributed by atoms with Gasteiger partial charge < -0.3 is 10.6 Å². The zero-order valence-electron chi connectivity index (χ0n) is 12.1. The smallest absolute Gasteiger partial charge is 0.220 e. The van der Waals surface area contributed by atoms with Gasteiger partial charge >= 0.3 is 0 Å². The van der Waals surface area contributed by atoms with Crippen molar-refractivity contribution in [2.45, 2.75) is 65.3 Å². The Hall–Kier alpha value is -0.900. The first kappa shape index (κ1) is 17.1. The molecular weight excluding hydrogens is 228 g/mol. The Bertz CT molecular complexity index is 242. The topological polar surface area (TPSA) is 58.2 Å². The third-order valence-electron chi connectivity index (χ3n) is 2.73. The van der Waals surface area contributed by atoms with Gasteiger partial charge in [0.2, 0.25) is 5.91 Å².